The van der Waals surface area contributed by atoms with Gasteiger partial charge in [0.15, 0.2) is 0 Å². The minimum atomic E-state index is 0.946. The van der Waals surface area contributed by atoms with E-state index in [2.05, 4.69) is 63.4 Å². The van der Waals surface area contributed by atoms with E-state index < -0.39 is 0 Å². The molecule has 2 aromatic carbocycles. The van der Waals surface area contributed by atoms with E-state index in [1.165, 1.54) is 0 Å². The second-order valence-corrected chi connectivity index (χ2v) is 6.66. The van der Waals surface area contributed by atoms with Crippen molar-refractivity contribution in [3.05, 3.63) is 95.7 Å². The van der Waals surface area contributed by atoms with Crippen molar-refractivity contribution >= 4 is 15.9 Å². The highest BCUT2D eigenvalue weighted by Gasteiger charge is 2.09. The van der Waals surface area contributed by atoms with Crippen LogP contribution in [0, 0.1) is 0 Å². The highest BCUT2D eigenvalue weighted by atomic mass is 79.9. The number of halogens is 1. The third-order valence-electron chi connectivity index (χ3n) is 4.01. The lowest BCUT2D eigenvalue weighted by atomic mass is 10.0. The van der Waals surface area contributed by atoms with Crippen LogP contribution in [0.15, 0.2) is 95.7 Å². The average molecular weight is 387 g/mol. The molecule has 0 saturated heterocycles. The van der Waals surface area contributed by atoms with Crippen molar-refractivity contribution in [1.29, 1.82) is 0 Å². The Balaban J connectivity index is 1.92. The molecule has 2 heterocycles. The molecule has 0 aliphatic rings. The van der Waals surface area contributed by atoms with Gasteiger partial charge in [0, 0.05) is 33.6 Å². The van der Waals surface area contributed by atoms with E-state index in [0.29, 0.717) is 0 Å². The fraction of sp³-hybridized carbons (Fsp3) is 0. The number of rotatable bonds is 3. The van der Waals surface area contributed by atoms with E-state index in [1.54, 1.807) is 6.20 Å². The molecule has 3 heteroatoms. The monoisotopic (exact) mass is 386 g/mol. The SMILES string of the molecule is Brc1cccc(-c2cc(-c3cccnc3)cc(-c3ccccc3)n2)c1. The van der Waals surface area contributed by atoms with Crippen LogP contribution in [0.5, 0.6) is 0 Å². The topological polar surface area (TPSA) is 25.8 Å². The number of hydrogen-bond donors (Lipinski definition) is 0. The van der Waals surface area contributed by atoms with Crippen LogP contribution in [-0.4, -0.2) is 9.97 Å². The Morgan fingerprint density at radius 3 is 2.04 bits per heavy atom. The molecule has 0 saturated carbocycles. The van der Waals surface area contributed by atoms with E-state index in [-0.39, 0.29) is 0 Å². The largest absolute Gasteiger partial charge is 0.264 e. The molecule has 0 fully saturated rings. The molecule has 25 heavy (non-hydrogen) atoms. The molecule has 0 N–H and O–H groups in total. The van der Waals surface area contributed by atoms with Crippen LogP contribution in [0.2, 0.25) is 0 Å². The highest BCUT2D eigenvalue weighted by molar-refractivity contribution is 9.10. The van der Waals surface area contributed by atoms with Gasteiger partial charge in [-0.2, -0.15) is 0 Å². The summed E-state index contributed by atoms with van der Waals surface area (Å²) < 4.78 is 1.04. The van der Waals surface area contributed by atoms with E-state index >= 15 is 0 Å². The Labute approximate surface area is 155 Å². The van der Waals surface area contributed by atoms with E-state index in [4.69, 9.17) is 4.98 Å². The van der Waals surface area contributed by atoms with Gasteiger partial charge in [0.25, 0.3) is 0 Å². The van der Waals surface area contributed by atoms with Crippen LogP contribution in [0.3, 0.4) is 0 Å². The summed E-state index contributed by atoms with van der Waals surface area (Å²) in [5.41, 5.74) is 6.27. The lowest BCUT2D eigenvalue weighted by Gasteiger charge is -2.10. The maximum Gasteiger partial charge on any atom is 0.0716 e. The molecule has 0 aliphatic carbocycles. The summed E-state index contributed by atoms with van der Waals surface area (Å²) in [7, 11) is 0. The van der Waals surface area contributed by atoms with Gasteiger partial charge in [-0.1, -0.05) is 64.5 Å². The fourth-order valence-corrected chi connectivity index (χ4v) is 3.18. The lowest BCUT2D eigenvalue weighted by Crippen LogP contribution is -1.91. The number of aromatic nitrogens is 2. The van der Waals surface area contributed by atoms with Gasteiger partial charge in [-0.05, 0) is 35.9 Å². The summed E-state index contributed by atoms with van der Waals surface area (Å²) in [6, 6.07) is 26.7. The van der Waals surface area contributed by atoms with Crippen molar-refractivity contribution in [1.82, 2.24) is 9.97 Å². The molecule has 0 unspecified atom stereocenters. The maximum atomic E-state index is 4.90. The summed E-state index contributed by atoms with van der Waals surface area (Å²) in [6.45, 7) is 0. The highest BCUT2D eigenvalue weighted by Crippen LogP contribution is 2.30. The van der Waals surface area contributed by atoms with Crippen LogP contribution in [0.4, 0.5) is 0 Å². The second-order valence-electron chi connectivity index (χ2n) is 5.74. The normalized spacial score (nSPS) is 10.6. The fourth-order valence-electron chi connectivity index (χ4n) is 2.78. The standard InChI is InChI=1S/C22H15BrN2/c23-20-10-4-8-17(12-20)22-14-19(18-9-5-11-24-15-18)13-21(25-22)16-6-2-1-3-7-16/h1-15H. The maximum absolute atomic E-state index is 4.90. The van der Waals surface area contributed by atoms with Gasteiger partial charge in [0.1, 0.15) is 0 Å². The van der Waals surface area contributed by atoms with Crippen molar-refractivity contribution in [3.63, 3.8) is 0 Å². The molecule has 0 aliphatic heterocycles. The number of nitrogens with zero attached hydrogens (tertiary/aromatic N) is 2. The molecule has 4 rings (SSSR count). The summed E-state index contributed by atoms with van der Waals surface area (Å²) in [5.74, 6) is 0. The quantitative estimate of drug-likeness (QED) is 0.416. The van der Waals surface area contributed by atoms with Crippen molar-refractivity contribution in [3.8, 4) is 33.6 Å². The number of hydrogen-bond acceptors (Lipinski definition) is 2. The van der Waals surface area contributed by atoms with Gasteiger partial charge in [0.2, 0.25) is 0 Å². The van der Waals surface area contributed by atoms with E-state index in [0.717, 1.165) is 38.1 Å². The summed E-state index contributed by atoms with van der Waals surface area (Å²) in [6.07, 6.45) is 3.67. The molecule has 2 aromatic heterocycles. The Hall–Kier alpha value is -2.78. The second kappa shape index (κ2) is 6.99. The molecule has 0 spiro atoms. The first-order chi connectivity index (χ1) is 12.3. The molecule has 0 bridgehead atoms. The zero-order valence-corrected chi connectivity index (χ0v) is 15.0. The molecule has 0 radical (unpaired) electrons. The van der Waals surface area contributed by atoms with Gasteiger partial charge < -0.3 is 0 Å². The Bertz CT molecular complexity index is 941. The average Bonchev–Trinajstić information content (AvgIpc) is 2.69. The Morgan fingerprint density at radius 1 is 0.600 bits per heavy atom. The van der Waals surface area contributed by atoms with Gasteiger partial charge in [-0.25, -0.2) is 4.98 Å². The zero-order chi connectivity index (χ0) is 17.1. The van der Waals surface area contributed by atoms with Crippen LogP contribution >= 0.6 is 15.9 Å². The predicted octanol–water partition coefficient (Wildman–Crippen LogP) is 6.24. The molecule has 2 nitrogen and oxygen atoms in total. The molecule has 120 valence electrons. The lowest BCUT2D eigenvalue weighted by molar-refractivity contribution is 1.30. The van der Waals surface area contributed by atoms with Gasteiger partial charge >= 0.3 is 0 Å². The Kier molecular flexibility index (Phi) is 4.40. The predicted molar refractivity (Wildman–Crippen MR) is 106 cm³/mol. The van der Waals surface area contributed by atoms with Crippen molar-refractivity contribution < 1.29 is 0 Å². The van der Waals surface area contributed by atoms with Crippen molar-refractivity contribution in [2.45, 2.75) is 0 Å². The van der Waals surface area contributed by atoms with Gasteiger partial charge in [-0.3, -0.25) is 4.98 Å². The zero-order valence-electron chi connectivity index (χ0n) is 13.4. The third kappa shape index (κ3) is 3.52. The van der Waals surface area contributed by atoms with Crippen molar-refractivity contribution in [2.75, 3.05) is 0 Å². The molecule has 0 amide bonds. The van der Waals surface area contributed by atoms with Crippen molar-refractivity contribution in [2.24, 2.45) is 0 Å². The van der Waals surface area contributed by atoms with E-state index in [9.17, 15) is 0 Å². The van der Waals surface area contributed by atoms with Crippen LogP contribution in [0.25, 0.3) is 33.6 Å². The molecule has 0 atom stereocenters. The molecular weight excluding hydrogens is 372 g/mol. The number of pyridine rings is 2. The Morgan fingerprint density at radius 2 is 1.32 bits per heavy atom. The molecule has 4 aromatic rings. The van der Waals surface area contributed by atoms with Gasteiger partial charge in [0.05, 0.1) is 11.4 Å². The minimum Gasteiger partial charge on any atom is -0.264 e. The first-order valence-electron chi connectivity index (χ1n) is 8.03. The first kappa shape index (κ1) is 15.7. The summed E-state index contributed by atoms with van der Waals surface area (Å²) >= 11 is 3.55. The van der Waals surface area contributed by atoms with Gasteiger partial charge in [-0.15, -0.1) is 0 Å². The van der Waals surface area contributed by atoms with Crippen LogP contribution < -0.4 is 0 Å². The number of benzene rings is 2. The first-order valence-corrected chi connectivity index (χ1v) is 8.83. The third-order valence-corrected chi connectivity index (χ3v) is 4.50. The summed E-state index contributed by atoms with van der Waals surface area (Å²) in [4.78, 5) is 9.15. The smallest absolute Gasteiger partial charge is 0.0716 e. The molecular formula is C22H15BrN2. The minimum absolute atomic E-state index is 0.946. The van der Waals surface area contributed by atoms with Crippen LogP contribution in [0.1, 0.15) is 0 Å². The van der Waals surface area contributed by atoms with E-state index in [1.807, 2.05) is 42.6 Å². The van der Waals surface area contributed by atoms with Crippen LogP contribution in [-0.2, 0) is 0 Å². The summed E-state index contributed by atoms with van der Waals surface area (Å²) in [5, 5.41) is 0.